The van der Waals surface area contributed by atoms with Crippen LogP contribution >= 0.6 is 0 Å². The first-order valence-corrected chi connectivity index (χ1v) is 5.81. The summed E-state index contributed by atoms with van der Waals surface area (Å²) >= 11 is 0. The molecule has 4 nitrogen and oxygen atoms in total. The first kappa shape index (κ1) is 14.1. The molecule has 0 atom stereocenters. The Balaban J connectivity index is 2.67. The molecule has 0 radical (unpaired) electrons. The van der Waals surface area contributed by atoms with Gasteiger partial charge in [0.25, 0.3) is 0 Å². The van der Waals surface area contributed by atoms with Crippen LogP contribution in [0.5, 0.6) is 0 Å². The predicted molar refractivity (Wildman–Crippen MR) is 75.0 cm³/mol. The van der Waals surface area contributed by atoms with E-state index in [-0.39, 0.29) is 5.97 Å². The van der Waals surface area contributed by atoms with Crippen molar-refractivity contribution in [2.24, 2.45) is 0 Å². The lowest BCUT2D eigenvalue weighted by atomic mass is 10.2. The molecule has 0 fully saturated rings. The minimum Gasteiger partial charge on any atom is -0.466 e. The zero-order chi connectivity index (χ0) is 13.5. The molecule has 18 heavy (non-hydrogen) atoms. The van der Waals surface area contributed by atoms with Crippen molar-refractivity contribution < 1.29 is 9.53 Å². The van der Waals surface area contributed by atoms with Gasteiger partial charge in [0.2, 0.25) is 0 Å². The number of anilines is 2. The summed E-state index contributed by atoms with van der Waals surface area (Å²) < 4.78 is 4.63. The first-order valence-electron chi connectivity index (χ1n) is 5.81. The van der Waals surface area contributed by atoms with Crippen molar-refractivity contribution in [1.29, 1.82) is 0 Å². The number of nitrogens with one attached hydrogen (secondary N) is 1. The highest BCUT2D eigenvalue weighted by atomic mass is 16.5. The molecule has 1 N–H and O–H groups in total. The third-order valence-electron chi connectivity index (χ3n) is 2.59. The van der Waals surface area contributed by atoms with Gasteiger partial charge in [-0.2, -0.15) is 0 Å². The molecule has 0 aliphatic carbocycles. The third-order valence-corrected chi connectivity index (χ3v) is 2.59. The van der Waals surface area contributed by atoms with Crippen LogP contribution in [0.1, 0.15) is 6.92 Å². The molecule has 98 valence electrons. The Labute approximate surface area is 108 Å². The summed E-state index contributed by atoms with van der Waals surface area (Å²) in [5.74, 6) is -0.294. The van der Waals surface area contributed by atoms with Crippen LogP contribution < -0.4 is 10.2 Å². The van der Waals surface area contributed by atoms with E-state index in [1.54, 1.807) is 6.92 Å². The lowest BCUT2D eigenvalue weighted by molar-refractivity contribution is -0.136. The molecule has 0 amide bonds. The maximum absolute atomic E-state index is 11.2. The molecule has 0 aliphatic rings. The summed E-state index contributed by atoms with van der Waals surface area (Å²) in [7, 11) is 5.38. The number of benzene rings is 1. The predicted octanol–water partition coefficient (Wildman–Crippen LogP) is 2.28. The highest BCUT2D eigenvalue weighted by molar-refractivity contribution is 5.87. The fourth-order valence-corrected chi connectivity index (χ4v) is 1.57. The Kier molecular flexibility index (Phi) is 5.24. The van der Waals surface area contributed by atoms with Crippen molar-refractivity contribution in [3.05, 3.63) is 35.9 Å². The van der Waals surface area contributed by atoms with Crippen LogP contribution in [0.25, 0.3) is 0 Å². The van der Waals surface area contributed by atoms with E-state index in [0.29, 0.717) is 12.1 Å². The molecule has 1 aromatic rings. The van der Waals surface area contributed by atoms with Crippen LogP contribution in [0.2, 0.25) is 0 Å². The maximum Gasteiger partial charge on any atom is 0.333 e. The zero-order valence-electron chi connectivity index (χ0n) is 11.4. The second kappa shape index (κ2) is 6.69. The van der Waals surface area contributed by atoms with Crippen LogP contribution in [-0.2, 0) is 9.53 Å². The average molecular weight is 248 g/mol. The summed E-state index contributed by atoms with van der Waals surface area (Å²) in [6.45, 7) is 2.33. The minimum absolute atomic E-state index is 0.294. The molecule has 0 heterocycles. The summed E-state index contributed by atoms with van der Waals surface area (Å²) in [4.78, 5) is 13.2. The van der Waals surface area contributed by atoms with Crippen LogP contribution in [0.15, 0.2) is 35.9 Å². The van der Waals surface area contributed by atoms with Gasteiger partial charge in [-0.15, -0.1) is 0 Å². The Hall–Kier alpha value is -1.97. The van der Waals surface area contributed by atoms with Crippen molar-refractivity contribution in [3.63, 3.8) is 0 Å². The number of para-hydroxylation sites is 2. The number of carbonyl (C=O) groups excluding carboxylic acids is 1. The summed E-state index contributed by atoms with van der Waals surface area (Å²) in [6.07, 6.45) is 1.82. The molecule has 1 aromatic carbocycles. The third kappa shape index (κ3) is 3.80. The Morgan fingerprint density at radius 3 is 2.67 bits per heavy atom. The van der Waals surface area contributed by atoms with Gasteiger partial charge >= 0.3 is 5.97 Å². The van der Waals surface area contributed by atoms with Gasteiger partial charge in [0.1, 0.15) is 0 Å². The number of hydrogen-bond acceptors (Lipinski definition) is 4. The fourth-order valence-electron chi connectivity index (χ4n) is 1.57. The van der Waals surface area contributed by atoms with Gasteiger partial charge in [-0.3, -0.25) is 0 Å². The van der Waals surface area contributed by atoms with E-state index in [4.69, 9.17) is 0 Å². The van der Waals surface area contributed by atoms with Crippen molar-refractivity contribution >= 4 is 17.3 Å². The number of methoxy groups -OCH3 is 1. The largest absolute Gasteiger partial charge is 0.466 e. The number of rotatable bonds is 5. The highest BCUT2D eigenvalue weighted by Crippen LogP contribution is 2.23. The quantitative estimate of drug-likeness (QED) is 0.641. The second-order valence-electron chi connectivity index (χ2n) is 4.17. The van der Waals surface area contributed by atoms with Gasteiger partial charge in [0, 0.05) is 26.2 Å². The lowest BCUT2D eigenvalue weighted by Crippen LogP contribution is -2.12. The van der Waals surface area contributed by atoms with E-state index in [1.165, 1.54) is 7.11 Å². The molecule has 0 bridgehead atoms. The molecule has 0 saturated carbocycles. The summed E-state index contributed by atoms with van der Waals surface area (Å²) in [5.41, 5.74) is 2.75. The monoisotopic (exact) mass is 248 g/mol. The molecule has 4 heteroatoms. The average Bonchev–Trinajstić information content (AvgIpc) is 2.38. The number of carbonyl (C=O) groups is 1. The van der Waals surface area contributed by atoms with Gasteiger partial charge < -0.3 is 15.0 Å². The fraction of sp³-hybridized carbons (Fsp3) is 0.357. The van der Waals surface area contributed by atoms with Gasteiger partial charge in [0.15, 0.2) is 0 Å². The van der Waals surface area contributed by atoms with Crippen molar-refractivity contribution in [2.75, 3.05) is 38.0 Å². The number of nitrogens with zero attached hydrogens (tertiary/aromatic N) is 1. The number of esters is 1. The van der Waals surface area contributed by atoms with E-state index in [2.05, 4.69) is 10.1 Å². The second-order valence-corrected chi connectivity index (χ2v) is 4.17. The SMILES string of the molecule is COC(=O)/C(C)=C/CNc1ccccc1N(C)C. The maximum atomic E-state index is 11.2. The topological polar surface area (TPSA) is 41.6 Å². The molecule has 0 spiro atoms. The summed E-state index contributed by atoms with van der Waals surface area (Å²) in [5, 5.41) is 3.28. The van der Waals surface area contributed by atoms with Crippen LogP contribution in [0, 0.1) is 0 Å². The molecule has 0 saturated heterocycles. The normalized spacial score (nSPS) is 11.0. The highest BCUT2D eigenvalue weighted by Gasteiger charge is 2.03. The smallest absolute Gasteiger partial charge is 0.333 e. The Morgan fingerprint density at radius 1 is 1.39 bits per heavy atom. The lowest BCUT2D eigenvalue weighted by Gasteiger charge is -2.17. The van der Waals surface area contributed by atoms with Crippen LogP contribution in [0.4, 0.5) is 11.4 Å². The number of hydrogen-bond donors (Lipinski definition) is 1. The van der Waals surface area contributed by atoms with Gasteiger partial charge in [-0.05, 0) is 19.1 Å². The minimum atomic E-state index is -0.294. The van der Waals surface area contributed by atoms with Crippen molar-refractivity contribution in [2.45, 2.75) is 6.92 Å². The van der Waals surface area contributed by atoms with Gasteiger partial charge in [-0.1, -0.05) is 18.2 Å². The molecule has 0 aliphatic heterocycles. The Bertz CT molecular complexity index is 439. The van der Waals surface area contributed by atoms with Crippen molar-refractivity contribution in [1.82, 2.24) is 0 Å². The van der Waals surface area contributed by atoms with Crippen LogP contribution in [-0.4, -0.2) is 33.7 Å². The van der Waals surface area contributed by atoms with Gasteiger partial charge in [-0.25, -0.2) is 4.79 Å². The van der Waals surface area contributed by atoms with E-state index in [1.807, 2.05) is 49.3 Å². The summed E-state index contributed by atoms with van der Waals surface area (Å²) in [6, 6.07) is 8.03. The first-order chi connectivity index (χ1) is 8.56. The standard InChI is InChI=1S/C14H20N2O2/c1-11(14(17)18-4)9-10-15-12-7-5-6-8-13(12)16(2)3/h5-9,15H,10H2,1-4H3/b11-9+. The van der Waals surface area contributed by atoms with E-state index < -0.39 is 0 Å². The molecule has 1 rings (SSSR count). The van der Waals surface area contributed by atoms with E-state index in [9.17, 15) is 4.79 Å². The van der Waals surface area contributed by atoms with Gasteiger partial charge in [0.05, 0.1) is 18.5 Å². The van der Waals surface area contributed by atoms with Crippen molar-refractivity contribution in [3.8, 4) is 0 Å². The zero-order valence-corrected chi connectivity index (χ0v) is 11.4. The molecular formula is C14H20N2O2. The van der Waals surface area contributed by atoms with E-state index in [0.717, 1.165) is 11.4 Å². The van der Waals surface area contributed by atoms with Crippen LogP contribution in [0.3, 0.4) is 0 Å². The molecular weight excluding hydrogens is 228 g/mol. The molecule has 0 aromatic heterocycles. The number of ether oxygens (including phenoxy) is 1. The Morgan fingerprint density at radius 2 is 2.06 bits per heavy atom. The van der Waals surface area contributed by atoms with E-state index >= 15 is 0 Å². The molecule has 0 unspecified atom stereocenters.